The SMILES string of the molecule is COc1ccc(N(c2ccccc2)c2ccc(C=Cc3cccc4c(C#N)ccc(C#N)c34)cc2)cc1. The fourth-order valence-electron chi connectivity index (χ4n) is 4.44. The Hall–Kier alpha value is -5.32. The van der Waals surface area contributed by atoms with Crippen LogP contribution in [0.15, 0.2) is 109 Å². The molecule has 0 saturated carbocycles. The van der Waals surface area contributed by atoms with E-state index < -0.39 is 0 Å². The monoisotopic (exact) mass is 477 g/mol. The van der Waals surface area contributed by atoms with Crippen LogP contribution in [0.2, 0.25) is 0 Å². The van der Waals surface area contributed by atoms with Crippen LogP contribution in [0.3, 0.4) is 0 Å². The lowest BCUT2D eigenvalue weighted by Gasteiger charge is -2.25. The summed E-state index contributed by atoms with van der Waals surface area (Å²) < 4.78 is 5.33. The van der Waals surface area contributed by atoms with Gasteiger partial charge in [-0.2, -0.15) is 10.5 Å². The summed E-state index contributed by atoms with van der Waals surface area (Å²) in [5.74, 6) is 0.812. The molecular formula is C33H23N3O. The molecule has 0 aliphatic rings. The number of methoxy groups -OCH3 is 1. The lowest BCUT2D eigenvalue weighted by atomic mass is 9.95. The molecule has 0 aliphatic carbocycles. The highest BCUT2D eigenvalue weighted by molar-refractivity contribution is 5.99. The second kappa shape index (κ2) is 10.5. The summed E-state index contributed by atoms with van der Waals surface area (Å²) in [5.41, 5.74) is 6.17. The number of ether oxygens (including phenoxy) is 1. The van der Waals surface area contributed by atoms with Crippen LogP contribution in [0, 0.1) is 22.7 Å². The zero-order valence-electron chi connectivity index (χ0n) is 20.3. The Morgan fingerprint density at radius 2 is 1.24 bits per heavy atom. The zero-order chi connectivity index (χ0) is 25.6. The minimum atomic E-state index is 0.558. The third kappa shape index (κ3) is 4.78. The molecule has 0 aromatic heterocycles. The van der Waals surface area contributed by atoms with Crippen molar-refractivity contribution in [1.82, 2.24) is 0 Å². The Bertz CT molecular complexity index is 1660. The quantitative estimate of drug-likeness (QED) is 0.231. The second-order valence-corrected chi connectivity index (χ2v) is 8.45. The molecule has 0 unspecified atom stereocenters. The van der Waals surface area contributed by atoms with Crippen LogP contribution in [-0.2, 0) is 0 Å². The van der Waals surface area contributed by atoms with Crippen molar-refractivity contribution < 1.29 is 4.74 Å². The first-order valence-corrected chi connectivity index (χ1v) is 11.8. The van der Waals surface area contributed by atoms with Gasteiger partial charge in [-0.1, -0.05) is 60.7 Å². The number of anilines is 3. The molecule has 0 fully saturated rings. The van der Waals surface area contributed by atoms with Crippen LogP contribution < -0.4 is 9.64 Å². The standard InChI is InChI=1S/C33H23N3O/c1-37-31-20-18-30(19-21-31)36(28-7-3-2-4-8-28)29-16-11-24(12-17-29)10-13-25-6-5-9-32-26(22-34)14-15-27(23-35)33(25)32/h2-21H,1H3. The number of fused-ring (bicyclic) bond motifs is 1. The van der Waals surface area contributed by atoms with E-state index in [-0.39, 0.29) is 0 Å². The molecule has 0 radical (unpaired) electrons. The molecule has 5 rings (SSSR count). The van der Waals surface area contributed by atoms with E-state index in [0.29, 0.717) is 11.1 Å². The van der Waals surface area contributed by atoms with Crippen LogP contribution in [-0.4, -0.2) is 7.11 Å². The molecule has 0 N–H and O–H groups in total. The van der Waals surface area contributed by atoms with Crippen molar-refractivity contribution in [3.05, 3.63) is 131 Å². The number of rotatable bonds is 6. The van der Waals surface area contributed by atoms with Crippen molar-refractivity contribution in [2.24, 2.45) is 0 Å². The largest absolute Gasteiger partial charge is 0.497 e. The van der Waals surface area contributed by atoms with E-state index in [1.165, 1.54) is 0 Å². The first kappa shape index (κ1) is 23.4. The van der Waals surface area contributed by atoms with Gasteiger partial charge in [-0.15, -0.1) is 0 Å². The fraction of sp³-hybridized carbons (Fsp3) is 0.0303. The Labute approximate surface area is 216 Å². The number of nitrogens with zero attached hydrogens (tertiary/aromatic N) is 3. The zero-order valence-corrected chi connectivity index (χ0v) is 20.3. The number of hydrogen-bond donors (Lipinski definition) is 0. The van der Waals surface area contributed by atoms with Crippen molar-refractivity contribution in [1.29, 1.82) is 10.5 Å². The number of nitriles is 2. The topological polar surface area (TPSA) is 60.0 Å². The van der Waals surface area contributed by atoms with Gasteiger partial charge in [-0.3, -0.25) is 0 Å². The maximum absolute atomic E-state index is 9.64. The highest BCUT2D eigenvalue weighted by Crippen LogP contribution is 2.35. The lowest BCUT2D eigenvalue weighted by Crippen LogP contribution is -2.09. The molecule has 0 atom stereocenters. The van der Waals surface area contributed by atoms with Gasteiger partial charge in [-0.05, 0) is 71.8 Å². The predicted molar refractivity (Wildman–Crippen MR) is 150 cm³/mol. The summed E-state index contributed by atoms with van der Waals surface area (Å²) in [5, 5.41) is 20.7. The van der Waals surface area contributed by atoms with Gasteiger partial charge in [0.1, 0.15) is 5.75 Å². The molecule has 0 spiro atoms. The summed E-state index contributed by atoms with van der Waals surface area (Å²) in [6.45, 7) is 0. The Balaban J connectivity index is 1.50. The van der Waals surface area contributed by atoms with Crippen LogP contribution in [0.1, 0.15) is 22.3 Å². The molecule has 0 heterocycles. The van der Waals surface area contributed by atoms with Crippen molar-refractivity contribution in [2.75, 3.05) is 12.0 Å². The normalized spacial score (nSPS) is 10.7. The highest BCUT2D eigenvalue weighted by Gasteiger charge is 2.12. The van der Waals surface area contributed by atoms with Gasteiger partial charge < -0.3 is 9.64 Å². The molecule has 5 aromatic carbocycles. The predicted octanol–water partition coefficient (Wildman–Crippen LogP) is 8.23. The summed E-state index contributed by atoms with van der Waals surface area (Å²) in [7, 11) is 1.66. The van der Waals surface area contributed by atoms with Crippen LogP contribution in [0.4, 0.5) is 17.1 Å². The van der Waals surface area contributed by atoms with Gasteiger partial charge in [0.15, 0.2) is 0 Å². The van der Waals surface area contributed by atoms with E-state index in [1.807, 2.05) is 72.8 Å². The molecule has 37 heavy (non-hydrogen) atoms. The molecule has 0 amide bonds. The summed E-state index contributed by atoms with van der Waals surface area (Å²) in [4.78, 5) is 2.19. The van der Waals surface area contributed by atoms with Crippen LogP contribution >= 0.6 is 0 Å². The number of benzene rings is 5. The van der Waals surface area contributed by atoms with E-state index in [1.54, 1.807) is 19.2 Å². The highest BCUT2D eigenvalue weighted by atomic mass is 16.5. The van der Waals surface area contributed by atoms with Gasteiger partial charge in [0, 0.05) is 27.8 Å². The number of hydrogen-bond acceptors (Lipinski definition) is 4. The van der Waals surface area contributed by atoms with Gasteiger partial charge in [0.25, 0.3) is 0 Å². The van der Waals surface area contributed by atoms with E-state index in [0.717, 1.165) is 44.7 Å². The average Bonchev–Trinajstić information content (AvgIpc) is 2.97. The van der Waals surface area contributed by atoms with Crippen molar-refractivity contribution in [3.8, 4) is 17.9 Å². The van der Waals surface area contributed by atoms with Crippen molar-refractivity contribution >= 4 is 40.0 Å². The molecule has 0 aliphatic heterocycles. The minimum absolute atomic E-state index is 0.558. The second-order valence-electron chi connectivity index (χ2n) is 8.45. The molecule has 4 nitrogen and oxygen atoms in total. The molecule has 176 valence electrons. The smallest absolute Gasteiger partial charge is 0.119 e. The summed E-state index contributed by atoms with van der Waals surface area (Å²) in [6.07, 6.45) is 4.02. The van der Waals surface area contributed by atoms with E-state index in [9.17, 15) is 10.5 Å². The maximum atomic E-state index is 9.64. The van der Waals surface area contributed by atoms with E-state index >= 15 is 0 Å². The fourth-order valence-corrected chi connectivity index (χ4v) is 4.44. The van der Waals surface area contributed by atoms with E-state index in [4.69, 9.17) is 4.74 Å². The molecule has 5 aromatic rings. The Morgan fingerprint density at radius 1 is 0.622 bits per heavy atom. The van der Waals surface area contributed by atoms with Gasteiger partial charge in [-0.25, -0.2) is 0 Å². The van der Waals surface area contributed by atoms with Gasteiger partial charge in [0.05, 0.1) is 30.4 Å². The van der Waals surface area contributed by atoms with Crippen molar-refractivity contribution in [2.45, 2.75) is 0 Å². The first-order valence-electron chi connectivity index (χ1n) is 11.8. The van der Waals surface area contributed by atoms with Crippen LogP contribution in [0.5, 0.6) is 5.75 Å². The Morgan fingerprint density at radius 3 is 1.89 bits per heavy atom. The molecular weight excluding hydrogens is 454 g/mol. The summed E-state index contributed by atoms with van der Waals surface area (Å²) >= 11 is 0. The average molecular weight is 478 g/mol. The van der Waals surface area contributed by atoms with Crippen LogP contribution in [0.25, 0.3) is 22.9 Å². The molecule has 4 heteroatoms. The minimum Gasteiger partial charge on any atom is -0.497 e. The third-order valence-corrected chi connectivity index (χ3v) is 6.27. The molecule has 0 saturated heterocycles. The number of para-hydroxylation sites is 1. The maximum Gasteiger partial charge on any atom is 0.119 e. The van der Waals surface area contributed by atoms with E-state index in [2.05, 4.69) is 53.4 Å². The third-order valence-electron chi connectivity index (χ3n) is 6.27. The first-order chi connectivity index (χ1) is 18.2. The van der Waals surface area contributed by atoms with Gasteiger partial charge in [0.2, 0.25) is 0 Å². The lowest BCUT2D eigenvalue weighted by molar-refractivity contribution is 0.415. The Kier molecular flexibility index (Phi) is 6.66. The molecule has 0 bridgehead atoms. The summed E-state index contributed by atoms with van der Waals surface area (Å²) in [6, 6.07) is 40.2. The van der Waals surface area contributed by atoms with Crippen molar-refractivity contribution in [3.63, 3.8) is 0 Å². The van der Waals surface area contributed by atoms with Gasteiger partial charge >= 0.3 is 0 Å².